The topological polar surface area (TPSA) is 93.1 Å². The summed E-state index contributed by atoms with van der Waals surface area (Å²) < 4.78 is 10.3. The van der Waals surface area contributed by atoms with Gasteiger partial charge in [-0.15, -0.1) is 0 Å². The van der Waals surface area contributed by atoms with E-state index >= 15 is 0 Å². The van der Waals surface area contributed by atoms with E-state index in [0.29, 0.717) is 19.3 Å². The lowest BCUT2D eigenvalue weighted by molar-refractivity contribution is -0.152. The van der Waals surface area contributed by atoms with Gasteiger partial charge in [-0.05, 0) is 44.9 Å². The molecule has 0 aromatic heterocycles. The van der Waals surface area contributed by atoms with Crippen LogP contribution in [0.15, 0.2) is 48.6 Å². The van der Waals surface area contributed by atoms with Gasteiger partial charge < -0.3 is 19.7 Å². The van der Waals surface area contributed by atoms with Gasteiger partial charge in [0.25, 0.3) is 0 Å². The molecule has 0 unspecified atom stereocenters. The van der Waals surface area contributed by atoms with Crippen molar-refractivity contribution in [2.24, 2.45) is 0 Å². The Hall–Kier alpha value is -2.18. The lowest BCUT2D eigenvalue weighted by atomic mass is 10.0. The van der Waals surface area contributed by atoms with Crippen LogP contribution in [0.1, 0.15) is 168 Å². The minimum atomic E-state index is -1.00. The maximum absolute atomic E-state index is 11.9. The average Bonchev–Trinajstić information content (AvgIpc) is 3.05. The van der Waals surface area contributed by atoms with Crippen molar-refractivity contribution in [3.8, 4) is 0 Å². The van der Waals surface area contributed by atoms with E-state index in [-0.39, 0.29) is 31.6 Å². The Morgan fingerprint density at radius 2 is 1.02 bits per heavy atom. The number of carbonyl (C=O) groups is 2. The highest BCUT2D eigenvalue weighted by Gasteiger charge is 2.12. The summed E-state index contributed by atoms with van der Waals surface area (Å²) in [5.41, 5.74) is 0. The van der Waals surface area contributed by atoms with Crippen LogP contribution in [-0.4, -0.2) is 47.6 Å². The molecule has 0 bridgehead atoms. The summed E-state index contributed by atoms with van der Waals surface area (Å²) in [5, 5.41) is 19.9. The van der Waals surface area contributed by atoms with Gasteiger partial charge in [-0.25, -0.2) is 0 Å². The zero-order chi connectivity index (χ0) is 33.8. The summed E-state index contributed by atoms with van der Waals surface area (Å²) in [5.74, 6) is -0.666. The first-order chi connectivity index (χ1) is 22.5. The molecule has 266 valence electrons. The van der Waals surface area contributed by atoms with Gasteiger partial charge >= 0.3 is 11.9 Å². The highest BCUT2D eigenvalue weighted by Crippen LogP contribution is 2.13. The Morgan fingerprint density at radius 3 is 1.61 bits per heavy atom. The monoisotopic (exact) mass is 647 g/mol. The quantitative estimate of drug-likeness (QED) is 0.0319. The third kappa shape index (κ3) is 34.7. The van der Waals surface area contributed by atoms with Crippen LogP contribution >= 0.6 is 0 Å². The van der Waals surface area contributed by atoms with Crippen LogP contribution < -0.4 is 0 Å². The van der Waals surface area contributed by atoms with Crippen molar-refractivity contribution in [1.29, 1.82) is 0 Å². The molecular formula is C40H70O6. The number of aliphatic hydroxyl groups excluding tert-OH is 2. The van der Waals surface area contributed by atoms with Gasteiger partial charge in [-0.1, -0.05) is 159 Å². The molecule has 2 atom stereocenters. The van der Waals surface area contributed by atoms with Crippen LogP contribution in [0.25, 0.3) is 0 Å². The Morgan fingerprint density at radius 1 is 0.543 bits per heavy atom. The molecular weight excluding hydrogens is 576 g/mol. The van der Waals surface area contributed by atoms with Gasteiger partial charge in [0.1, 0.15) is 19.3 Å². The Balaban J connectivity index is 3.61. The average molecular weight is 647 g/mol. The fourth-order valence-electron chi connectivity index (χ4n) is 4.99. The fourth-order valence-corrected chi connectivity index (χ4v) is 4.99. The molecule has 6 heteroatoms. The molecule has 0 fully saturated rings. The summed E-state index contributed by atoms with van der Waals surface area (Å²) in [6.07, 6.45) is 40.5. The second-order valence-corrected chi connectivity index (χ2v) is 12.5. The van der Waals surface area contributed by atoms with Gasteiger partial charge in [0.05, 0.1) is 6.10 Å². The normalized spacial score (nSPS) is 13.4. The van der Waals surface area contributed by atoms with Crippen molar-refractivity contribution in [1.82, 2.24) is 0 Å². The van der Waals surface area contributed by atoms with Crippen molar-refractivity contribution in [3.63, 3.8) is 0 Å². The van der Waals surface area contributed by atoms with E-state index in [0.717, 1.165) is 38.5 Å². The summed E-state index contributed by atoms with van der Waals surface area (Å²) in [6, 6.07) is 0. The predicted octanol–water partition coefficient (Wildman–Crippen LogP) is 10.4. The molecule has 0 aliphatic heterocycles. The maximum Gasteiger partial charge on any atom is 0.305 e. The van der Waals surface area contributed by atoms with Crippen LogP contribution in [0.4, 0.5) is 0 Å². The van der Waals surface area contributed by atoms with E-state index in [4.69, 9.17) is 9.47 Å². The Bertz CT molecular complexity index is 800. The smallest absolute Gasteiger partial charge is 0.305 e. The van der Waals surface area contributed by atoms with Crippen LogP contribution in [0.3, 0.4) is 0 Å². The molecule has 0 aromatic carbocycles. The first-order valence-electron chi connectivity index (χ1n) is 18.8. The molecule has 0 aliphatic carbocycles. The van der Waals surface area contributed by atoms with Crippen LogP contribution in [-0.2, 0) is 19.1 Å². The van der Waals surface area contributed by atoms with E-state index in [2.05, 4.69) is 26.0 Å². The van der Waals surface area contributed by atoms with Gasteiger partial charge in [0.2, 0.25) is 0 Å². The third-order valence-electron chi connectivity index (χ3n) is 7.90. The first kappa shape index (κ1) is 43.8. The van der Waals surface area contributed by atoms with Gasteiger partial charge in [0.15, 0.2) is 0 Å². The largest absolute Gasteiger partial charge is 0.463 e. The van der Waals surface area contributed by atoms with Crippen molar-refractivity contribution in [2.75, 3.05) is 13.2 Å². The van der Waals surface area contributed by atoms with E-state index < -0.39 is 12.2 Å². The molecule has 0 saturated carbocycles. The van der Waals surface area contributed by atoms with E-state index in [1.807, 2.05) is 30.4 Å². The molecule has 0 aliphatic rings. The number of allylic oxidation sites excluding steroid dienone is 6. The predicted molar refractivity (Wildman–Crippen MR) is 193 cm³/mol. The van der Waals surface area contributed by atoms with Gasteiger partial charge in [0, 0.05) is 12.8 Å². The van der Waals surface area contributed by atoms with Crippen LogP contribution in [0.5, 0.6) is 0 Å². The number of aliphatic hydroxyl groups is 2. The van der Waals surface area contributed by atoms with Crippen LogP contribution in [0, 0.1) is 0 Å². The molecule has 2 N–H and O–H groups in total. The van der Waals surface area contributed by atoms with Crippen molar-refractivity contribution in [2.45, 2.75) is 180 Å². The van der Waals surface area contributed by atoms with E-state index in [9.17, 15) is 19.8 Å². The molecule has 6 nitrogen and oxygen atoms in total. The van der Waals surface area contributed by atoms with E-state index in [1.54, 1.807) is 6.08 Å². The maximum atomic E-state index is 11.9. The highest BCUT2D eigenvalue weighted by molar-refractivity contribution is 5.69. The molecule has 0 radical (unpaired) electrons. The molecule has 0 saturated heterocycles. The second kappa shape index (κ2) is 35.7. The number of rotatable bonds is 33. The van der Waals surface area contributed by atoms with E-state index in [1.165, 1.54) is 89.9 Å². The number of esters is 2. The molecule has 0 aromatic rings. The summed E-state index contributed by atoms with van der Waals surface area (Å²) in [7, 11) is 0. The SMILES string of the molecule is CCCCC/C=C\C[C@@H](O)/C=C/C=C\C/C=C\CCCC(=O)OC[C@@H](O)COC(=O)CCCCCCCCCCCCCCCC. The molecule has 0 amide bonds. The number of ether oxygens (including phenoxy) is 2. The second-order valence-electron chi connectivity index (χ2n) is 12.5. The lowest BCUT2D eigenvalue weighted by Crippen LogP contribution is -2.25. The molecule has 0 heterocycles. The fraction of sp³-hybridized carbons (Fsp3) is 0.750. The molecule has 46 heavy (non-hydrogen) atoms. The lowest BCUT2D eigenvalue weighted by Gasteiger charge is -2.12. The number of unbranched alkanes of at least 4 members (excludes halogenated alkanes) is 17. The first-order valence-corrected chi connectivity index (χ1v) is 18.8. The van der Waals surface area contributed by atoms with Gasteiger partial charge in [-0.3, -0.25) is 9.59 Å². The number of hydrogen-bond donors (Lipinski definition) is 2. The Labute approximate surface area is 282 Å². The van der Waals surface area contributed by atoms with Crippen molar-refractivity contribution in [3.05, 3.63) is 48.6 Å². The van der Waals surface area contributed by atoms with Crippen molar-refractivity contribution >= 4 is 11.9 Å². The standard InChI is InChI=1S/C40H70O6/c1-3-5-7-9-11-12-13-14-15-16-17-21-25-29-33-39(43)45-35-38(42)36-46-40(44)34-30-26-22-19-18-20-24-28-32-37(41)31-27-23-10-8-6-4-2/h19-20,22-24,27-28,32,37-38,41-42H,3-18,21,25-26,29-31,33-36H2,1-2H3/b22-19-,24-20-,27-23-,32-28+/t37-,38+/m1/s1. The van der Waals surface area contributed by atoms with Crippen LogP contribution in [0.2, 0.25) is 0 Å². The minimum Gasteiger partial charge on any atom is -0.463 e. The summed E-state index contributed by atoms with van der Waals surface area (Å²) in [4.78, 5) is 23.9. The van der Waals surface area contributed by atoms with Gasteiger partial charge in [-0.2, -0.15) is 0 Å². The highest BCUT2D eigenvalue weighted by atomic mass is 16.6. The Kier molecular flexibility index (Phi) is 34.0. The number of carbonyl (C=O) groups excluding carboxylic acids is 2. The summed E-state index contributed by atoms with van der Waals surface area (Å²) in [6.45, 7) is 4.14. The zero-order valence-electron chi connectivity index (χ0n) is 29.7. The minimum absolute atomic E-state index is 0.148. The van der Waals surface area contributed by atoms with Crippen molar-refractivity contribution < 1.29 is 29.3 Å². The third-order valence-corrected chi connectivity index (χ3v) is 7.90. The number of hydrogen-bond acceptors (Lipinski definition) is 6. The molecule has 0 rings (SSSR count). The summed E-state index contributed by atoms with van der Waals surface area (Å²) >= 11 is 0. The molecule has 0 spiro atoms. The zero-order valence-corrected chi connectivity index (χ0v) is 29.7.